The minimum atomic E-state index is 0.308. The number of hydrogen-bond acceptors (Lipinski definition) is 6. The highest BCUT2D eigenvalue weighted by Crippen LogP contribution is 2.26. The lowest BCUT2D eigenvalue weighted by Gasteiger charge is -2.33. The van der Waals surface area contributed by atoms with Crippen molar-refractivity contribution in [1.82, 2.24) is 9.99 Å². The molecule has 1 aromatic rings. The second kappa shape index (κ2) is 5.54. The first kappa shape index (κ1) is 13.8. The van der Waals surface area contributed by atoms with Gasteiger partial charge in [-0.2, -0.15) is 10.5 Å². The number of aryl methyl sites for hydroxylation is 1. The van der Waals surface area contributed by atoms with E-state index in [9.17, 15) is 15.4 Å². The van der Waals surface area contributed by atoms with Crippen LogP contribution >= 0.6 is 0 Å². The van der Waals surface area contributed by atoms with Crippen LogP contribution in [-0.4, -0.2) is 36.2 Å². The van der Waals surface area contributed by atoms with E-state index in [1.54, 1.807) is 6.92 Å². The first-order valence-corrected chi connectivity index (χ1v) is 6.27. The molecule has 0 amide bonds. The van der Waals surface area contributed by atoms with Crippen LogP contribution in [0.2, 0.25) is 0 Å². The van der Waals surface area contributed by atoms with Gasteiger partial charge in [-0.15, -0.1) is 4.91 Å². The van der Waals surface area contributed by atoms with Crippen LogP contribution in [0, 0.1) is 41.4 Å². The zero-order chi connectivity index (χ0) is 14.7. The SMILES string of the molecule is Cc1nc(N2CCN(N=O)CC2)c(C#N)c(C#N)c1C. The number of nitroso groups, excluding NO2 is 1. The lowest BCUT2D eigenvalue weighted by Crippen LogP contribution is -2.44. The number of nitriles is 2. The molecule has 0 saturated carbocycles. The van der Waals surface area contributed by atoms with Crippen molar-refractivity contribution in [1.29, 1.82) is 10.5 Å². The van der Waals surface area contributed by atoms with Crippen molar-refractivity contribution in [3.8, 4) is 12.1 Å². The number of anilines is 1. The Kier molecular flexibility index (Phi) is 3.81. The second-order valence-corrected chi connectivity index (χ2v) is 4.64. The summed E-state index contributed by atoms with van der Waals surface area (Å²) in [6.45, 7) is 5.71. The monoisotopic (exact) mass is 270 g/mol. The van der Waals surface area contributed by atoms with Gasteiger partial charge in [0, 0.05) is 18.8 Å². The quantitative estimate of drug-likeness (QED) is 0.750. The van der Waals surface area contributed by atoms with E-state index in [1.807, 2.05) is 11.8 Å². The summed E-state index contributed by atoms with van der Waals surface area (Å²) in [6.07, 6.45) is 0. The van der Waals surface area contributed by atoms with Gasteiger partial charge >= 0.3 is 0 Å². The van der Waals surface area contributed by atoms with Gasteiger partial charge in [-0.1, -0.05) is 0 Å². The molecule has 0 bridgehead atoms. The third-order valence-electron chi connectivity index (χ3n) is 3.56. The molecule has 1 saturated heterocycles. The highest BCUT2D eigenvalue weighted by molar-refractivity contribution is 5.64. The summed E-state index contributed by atoms with van der Waals surface area (Å²) >= 11 is 0. The van der Waals surface area contributed by atoms with Crippen LogP contribution in [0.1, 0.15) is 22.4 Å². The average Bonchev–Trinajstić information content (AvgIpc) is 2.49. The van der Waals surface area contributed by atoms with Crippen molar-refractivity contribution < 1.29 is 0 Å². The first-order chi connectivity index (χ1) is 9.62. The molecule has 2 rings (SSSR count). The highest BCUT2D eigenvalue weighted by Gasteiger charge is 2.23. The van der Waals surface area contributed by atoms with Gasteiger partial charge in [-0.05, 0) is 19.4 Å². The standard InChI is InChI=1S/C13H14N6O/c1-9-10(2)16-13(12(8-15)11(9)7-14)18-3-5-19(17-20)6-4-18/h3-6H2,1-2H3. The van der Waals surface area contributed by atoms with Gasteiger partial charge < -0.3 is 4.90 Å². The number of nitrogens with zero attached hydrogens (tertiary/aromatic N) is 6. The molecule has 0 unspecified atom stereocenters. The molecular weight excluding hydrogens is 256 g/mol. The minimum Gasteiger partial charge on any atom is -0.352 e. The van der Waals surface area contributed by atoms with Crippen molar-refractivity contribution in [2.24, 2.45) is 5.29 Å². The maximum absolute atomic E-state index is 10.5. The van der Waals surface area contributed by atoms with Crippen molar-refractivity contribution in [3.05, 3.63) is 27.3 Å². The van der Waals surface area contributed by atoms with Gasteiger partial charge in [0.25, 0.3) is 0 Å². The van der Waals surface area contributed by atoms with E-state index in [0.29, 0.717) is 43.1 Å². The summed E-state index contributed by atoms with van der Waals surface area (Å²) in [4.78, 5) is 16.8. The number of pyridine rings is 1. The Hall–Kier alpha value is -2.67. The van der Waals surface area contributed by atoms with Crippen LogP contribution < -0.4 is 4.90 Å². The van der Waals surface area contributed by atoms with Gasteiger partial charge in [0.1, 0.15) is 23.5 Å². The van der Waals surface area contributed by atoms with Gasteiger partial charge in [-0.3, -0.25) is 5.01 Å². The van der Waals surface area contributed by atoms with Crippen molar-refractivity contribution in [2.75, 3.05) is 31.1 Å². The van der Waals surface area contributed by atoms with Crippen LogP contribution in [0.5, 0.6) is 0 Å². The largest absolute Gasteiger partial charge is 0.352 e. The fourth-order valence-electron chi connectivity index (χ4n) is 2.24. The summed E-state index contributed by atoms with van der Waals surface area (Å²) in [6, 6.07) is 4.17. The highest BCUT2D eigenvalue weighted by atomic mass is 16.3. The predicted molar refractivity (Wildman–Crippen MR) is 72.7 cm³/mol. The lowest BCUT2D eigenvalue weighted by atomic mass is 10.0. The number of hydrogen-bond donors (Lipinski definition) is 0. The van der Waals surface area contributed by atoms with Crippen LogP contribution in [-0.2, 0) is 0 Å². The average molecular weight is 270 g/mol. The minimum absolute atomic E-state index is 0.308. The number of aromatic nitrogens is 1. The summed E-state index contributed by atoms with van der Waals surface area (Å²) in [7, 11) is 0. The molecule has 1 aliphatic heterocycles. The van der Waals surface area contributed by atoms with Crippen LogP contribution in [0.4, 0.5) is 5.82 Å². The van der Waals surface area contributed by atoms with E-state index >= 15 is 0 Å². The van der Waals surface area contributed by atoms with Gasteiger partial charge in [0.2, 0.25) is 0 Å². The Morgan fingerprint density at radius 3 is 2.20 bits per heavy atom. The normalized spacial score (nSPS) is 14.6. The Morgan fingerprint density at radius 2 is 1.70 bits per heavy atom. The third kappa shape index (κ3) is 2.26. The van der Waals surface area contributed by atoms with Crippen molar-refractivity contribution in [3.63, 3.8) is 0 Å². The van der Waals surface area contributed by atoms with E-state index in [-0.39, 0.29) is 0 Å². The zero-order valence-electron chi connectivity index (χ0n) is 11.4. The Bertz CT molecular complexity index is 619. The molecule has 1 aromatic heterocycles. The van der Waals surface area contributed by atoms with E-state index in [4.69, 9.17) is 0 Å². The molecule has 0 atom stereocenters. The molecule has 20 heavy (non-hydrogen) atoms. The fourth-order valence-corrected chi connectivity index (χ4v) is 2.24. The van der Waals surface area contributed by atoms with E-state index < -0.39 is 0 Å². The second-order valence-electron chi connectivity index (χ2n) is 4.64. The molecule has 102 valence electrons. The Labute approximate surface area is 117 Å². The molecule has 0 N–H and O–H groups in total. The summed E-state index contributed by atoms with van der Waals surface area (Å²) < 4.78 is 0. The lowest BCUT2D eigenvalue weighted by molar-refractivity contribution is 0.266. The summed E-state index contributed by atoms with van der Waals surface area (Å²) in [5, 5.41) is 22.9. The summed E-state index contributed by atoms with van der Waals surface area (Å²) in [5.41, 5.74) is 2.17. The first-order valence-electron chi connectivity index (χ1n) is 6.27. The van der Waals surface area contributed by atoms with Crippen molar-refractivity contribution >= 4 is 5.82 Å². The van der Waals surface area contributed by atoms with E-state index in [1.165, 1.54) is 5.01 Å². The maximum atomic E-state index is 10.5. The molecule has 0 aliphatic carbocycles. The van der Waals surface area contributed by atoms with Gasteiger partial charge in [-0.25, -0.2) is 4.98 Å². The molecule has 2 heterocycles. The molecule has 7 heteroatoms. The van der Waals surface area contributed by atoms with Crippen LogP contribution in [0.3, 0.4) is 0 Å². The fraction of sp³-hybridized carbons (Fsp3) is 0.462. The smallest absolute Gasteiger partial charge is 0.148 e. The van der Waals surface area contributed by atoms with Crippen LogP contribution in [0.25, 0.3) is 0 Å². The van der Waals surface area contributed by atoms with Crippen LogP contribution in [0.15, 0.2) is 5.29 Å². The Balaban J connectivity index is 2.43. The Morgan fingerprint density at radius 1 is 1.10 bits per heavy atom. The molecule has 1 fully saturated rings. The molecule has 7 nitrogen and oxygen atoms in total. The summed E-state index contributed by atoms with van der Waals surface area (Å²) in [5.74, 6) is 0.526. The number of piperazine rings is 1. The zero-order valence-corrected chi connectivity index (χ0v) is 11.4. The molecular formula is C13H14N6O. The van der Waals surface area contributed by atoms with E-state index in [0.717, 1.165) is 11.3 Å². The molecule has 0 aromatic carbocycles. The molecule has 1 aliphatic rings. The maximum Gasteiger partial charge on any atom is 0.148 e. The topological polar surface area (TPSA) is 96.4 Å². The molecule has 0 radical (unpaired) electrons. The molecule has 0 spiro atoms. The van der Waals surface area contributed by atoms with Gasteiger partial charge in [0.15, 0.2) is 0 Å². The predicted octanol–water partition coefficient (Wildman–Crippen LogP) is 1.25. The van der Waals surface area contributed by atoms with E-state index in [2.05, 4.69) is 22.4 Å². The van der Waals surface area contributed by atoms with Gasteiger partial charge in [0.05, 0.1) is 23.9 Å². The van der Waals surface area contributed by atoms with Crippen molar-refractivity contribution in [2.45, 2.75) is 13.8 Å². The third-order valence-corrected chi connectivity index (χ3v) is 3.56. The number of rotatable bonds is 2.